The Morgan fingerprint density at radius 3 is 2.68 bits per heavy atom. The number of rotatable bonds is 5. The molecule has 0 aromatic heterocycles. The monoisotopic (exact) mass is 325 g/mol. The van der Waals surface area contributed by atoms with E-state index in [0.717, 1.165) is 5.56 Å². The lowest BCUT2D eigenvalue weighted by molar-refractivity contribution is -0.139. The van der Waals surface area contributed by atoms with Crippen molar-refractivity contribution in [1.29, 1.82) is 0 Å². The standard InChI is InChI=1S/C14H16BrNO3/c1-3-4-5-12(14(18)19)16-13(17)10-7-6-9(2)8-11(10)15/h3-4,6-8,12H,5H2,1-2H3,(H,16,17)(H,18,19)/b4-3+. The van der Waals surface area contributed by atoms with Crippen LogP contribution in [0.1, 0.15) is 29.3 Å². The van der Waals surface area contributed by atoms with Crippen LogP contribution in [0.4, 0.5) is 0 Å². The van der Waals surface area contributed by atoms with E-state index in [4.69, 9.17) is 5.11 Å². The van der Waals surface area contributed by atoms with Gasteiger partial charge in [0.2, 0.25) is 0 Å². The minimum absolute atomic E-state index is 0.265. The third kappa shape index (κ3) is 4.52. The zero-order valence-corrected chi connectivity index (χ0v) is 12.4. The van der Waals surface area contributed by atoms with Gasteiger partial charge in [-0.1, -0.05) is 18.2 Å². The maximum atomic E-state index is 12.0. The lowest BCUT2D eigenvalue weighted by atomic mass is 10.1. The first-order valence-electron chi connectivity index (χ1n) is 5.86. The van der Waals surface area contributed by atoms with E-state index >= 15 is 0 Å². The van der Waals surface area contributed by atoms with Gasteiger partial charge in [0.25, 0.3) is 5.91 Å². The molecule has 1 aromatic carbocycles. The summed E-state index contributed by atoms with van der Waals surface area (Å²) in [6.45, 7) is 3.72. The van der Waals surface area contributed by atoms with Crippen molar-refractivity contribution in [1.82, 2.24) is 5.32 Å². The Kier molecular flexibility index (Phi) is 5.76. The molecule has 1 aromatic rings. The summed E-state index contributed by atoms with van der Waals surface area (Å²) in [7, 11) is 0. The predicted molar refractivity (Wildman–Crippen MR) is 77.2 cm³/mol. The van der Waals surface area contributed by atoms with Crippen LogP contribution in [0.5, 0.6) is 0 Å². The molecule has 4 nitrogen and oxygen atoms in total. The Hall–Kier alpha value is -1.62. The van der Waals surface area contributed by atoms with Gasteiger partial charge in [-0.05, 0) is 53.9 Å². The van der Waals surface area contributed by atoms with E-state index < -0.39 is 17.9 Å². The molecule has 19 heavy (non-hydrogen) atoms. The fraction of sp³-hybridized carbons (Fsp3) is 0.286. The van der Waals surface area contributed by atoms with Crippen molar-refractivity contribution in [3.8, 4) is 0 Å². The number of carbonyl (C=O) groups excluding carboxylic acids is 1. The number of allylic oxidation sites excluding steroid dienone is 1. The van der Waals surface area contributed by atoms with Crippen LogP contribution in [-0.4, -0.2) is 23.0 Å². The van der Waals surface area contributed by atoms with E-state index in [1.165, 1.54) is 0 Å². The first-order valence-corrected chi connectivity index (χ1v) is 6.66. The number of nitrogens with one attached hydrogen (secondary N) is 1. The topological polar surface area (TPSA) is 66.4 Å². The van der Waals surface area contributed by atoms with Crippen molar-refractivity contribution in [3.05, 3.63) is 46.0 Å². The lowest BCUT2D eigenvalue weighted by Gasteiger charge is -2.13. The highest BCUT2D eigenvalue weighted by molar-refractivity contribution is 9.10. The molecule has 5 heteroatoms. The smallest absolute Gasteiger partial charge is 0.326 e. The summed E-state index contributed by atoms with van der Waals surface area (Å²) in [5, 5.41) is 11.6. The molecule has 0 spiro atoms. The summed E-state index contributed by atoms with van der Waals surface area (Å²) >= 11 is 3.31. The van der Waals surface area contributed by atoms with E-state index in [9.17, 15) is 9.59 Å². The maximum Gasteiger partial charge on any atom is 0.326 e. The average Bonchev–Trinajstić information content (AvgIpc) is 2.33. The number of carbonyl (C=O) groups is 2. The molecule has 0 saturated carbocycles. The number of carboxylic acids is 1. The van der Waals surface area contributed by atoms with Gasteiger partial charge in [0.05, 0.1) is 5.56 Å². The fourth-order valence-electron chi connectivity index (χ4n) is 1.53. The first-order chi connectivity index (χ1) is 8.95. The van der Waals surface area contributed by atoms with Crippen molar-refractivity contribution in [2.45, 2.75) is 26.3 Å². The number of benzene rings is 1. The number of amides is 1. The van der Waals surface area contributed by atoms with Gasteiger partial charge in [0.1, 0.15) is 6.04 Å². The highest BCUT2D eigenvalue weighted by atomic mass is 79.9. The lowest BCUT2D eigenvalue weighted by Crippen LogP contribution is -2.40. The third-order valence-electron chi connectivity index (χ3n) is 2.58. The molecule has 0 saturated heterocycles. The predicted octanol–water partition coefficient (Wildman–Crippen LogP) is 2.91. The fourth-order valence-corrected chi connectivity index (χ4v) is 2.21. The number of carboxylic acid groups (broad SMARTS) is 1. The number of halogens is 1. The maximum absolute atomic E-state index is 12.0. The molecule has 0 heterocycles. The van der Waals surface area contributed by atoms with Gasteiger partial charge in [0.15, 0.2) is 0 Å². The number of hydrogen-bond acceptors (Lipinski definition) is 2. The number of hydrogen-bond donors (Lipinski definition) is 2. The van der Waals surface area contributed by atoms with Crippen molar-refractivity contribution in [2.75, 3.05) is 0 Å². The molecule has 1 unspecified atom stereocenters. The zero-order valence-electron chi connectivity index (χ0n) is 10.8. The molecule has 2 N–H and O–H groups in total. The molecule has 1 rings (SSSR count). The molecular formula is C14H16BrNO3. The van der Waals surface area contributed by atoms with E-state index in [1.807, 2.05) is 13.0 Å². The average molecular weight is 326 g/mol. The van der Waals surface area contributed by atoms with Gasteiger partial charge in [-0.3, -0.25) is 4.79 Å². The largest absolute Gasteiger partial charge is 0.480 e. The van der Waals surface area contributed by atoms with Crippen molar-refractivity contribution in [3.63, 3.8) is 0 Å². The second kappa shape index (κ2) is 7.09. The van der Waals surface area contributed by atoms with Crippen LogP contribution in [0, 0.1) is 6.92 Å². The molecule has 0 aliphatic carbocycles. The van der Waals surface area contributed by atoms with Gasteiger partial charge in [-0.2, -0.15) is 0 Å². The van der Waals surface area contributed by atoms with E-state index in [0.29, 0.717) is 10.0 Å². The van der Waals surface area contributed by atoms with Crippen molar-refractivity contribution in [2.24, 2.45) is 0 Å². The van der Waals surface area contributed by atoms with Gasteiger partial charge < -0.3 is 10.4 Å². The summed E-state index contributed by atoms with van der Waals surface area (Å²) < 4.78 is 0.653. The highest BCUT2D eigenvalue weighted by Crippen LogP contribution is 2.18. The molecule has 0 fully saturated rings. The van der Waals surface area contributed by atoms with Gasteiger partial charge in [0, 0.05) is 4.47 Å². The van der Waals surface area contributed by atoms with Gasteiger partial charge in [-0.15, -0.1) is 0 Å². The van der Waals surface area contributed by atoms with E-state index in [1.54, 1.807) is 31.2 Å². The van der Waals surface area contributed by atoms with Crippen LogP contribution in [0.25, 0.3) is 0 Å². The second-order valence-corrected chi connectivity index (χ2v) is 5.01. The Morgan fingerprint density at radius 1 is 1.47 bits per heavy atom. The quantitative estimate of drug-likeness (QED) is 0.818. The molecule has 0 aliphatic heterocycles. The minimum Gasteiger partial charge on any atom is -0.480 e. The van der Waals surface area contributed by atoms with Crippen LogP contribution in [-0.2, 0) is 4.79 Å². The van der Waals surface area contributed by atoms with Crippen LogP contribution in [0.2, 0.25) is 0 Å². The van der Waals surface area contributed by atoms with Gasteiger partial charge in [-0.25, -0.2) is 4.79 Å². The highest BCUT2D eigenvalue weighted by Gasteiger charge is 2.20. The van der Waals surface area contributed by atoms with Crippen molar-refractivity contribution >= 4 is 27.8 Å². The molecule has 102 valence electrons. The van der Waals surface area contributed by atoms with Gasteiger partial charge >= 0.3 is 5.97 Å². The molecule has 0 aliphatic rings. The molecule has 1 amide bonds. The van der Waals surface area contributed by atoms with E-state index in [2.05, 4.69) is 21.2 Å². The number of aliphatic carboxylic acids is 1. The summed E-state index contributed by atoms with van der Waals surface area (Å²) in [6, 6.07) is 4.37. The summed E-state index contributed by atoms with van der Waals surface area (Å²) in [4.78, 5) is 23.1. The molecular weight excluding hydrogens is 310 g/mol. The van der Waals surface area contributed by atoms with Crippen LogP contribution >= 0.6 is 15.9 Å². The summed E-state index contributed by atoms with van der Waals surface area (Å²) in [5.74, 6) is -1.45. The normalized spacial score (nSPS) is 12.4. The van der Waals surface area contributed by atoms with Crippen LogP contribution in [0.15, 0.2) is 34.8 Å². The molecule has 1 atom stereocenters. The SMILES string of the molecule is C/C=C/CC(NC(=O)c1ccc(C)cc1Br)C(=O)O. The number of aryl methyl sites for hydroxylation is 1. The zero-order chi connectivity index (χ0) is 14.4. The van der Waals surface area contributed by atoms with Crippen LogP contribution in [0.3, 0.4) is 0 Å². The van der Waals surface area contributed by atoms with Crippen molar-refractivity contribution < 1.29 is 14.7 Å². The Labute approximate surface area is 120 Å². The second-order valence-electron chi connectivity index (χ2n) is 4.15. The third-order valence-corrected chi connectivity index (χ3v) is 3.24. The minimum atomic E-state index is -1.05. The van der Waals surface area contributed by atoms with E-state index in [-0.39, 0.29) is 6.42 Å². The van der Waals surface area contributed by atoms with Crippen LogP contribution < -0.4 is 5.32 Å². The first kappa shape index (κ1) is 15.4. The Bertz CT molecular complexity index is 511. The Balaban J connectivity index is 2.84. The summed E-state index contributed by atoms with van der Waals surface area (Å²) in [6.07, 6.45) is 3.73. The molecule has 0 radical (unpaired) electrons. The summed E-state index contributed by atoms with van der Waals surface area (Å²) in [5.41, 5.74) is 1.45. The Morgan fingerprint density at radius 2 is 2.16 bits per heavy atom. The molecule has 0 bridgehead atoms.